The van der Waals surface area contributed by atoms with E-state index in [2.05, 4.69) is 10.3 Å². The van der Waals surface area contributed by atoms with Crippen LogP contribution in [0.5, 0.6) is 5.75 Å². The highest BCUT2D eigenvalue weighted by molar-refractivity contribution is 8.00. The number of nitrogens with zero attached hydrogens (tertiary/aromatic N) is 2. The van der Waals surface area contributed by atoms with Crippen molar-refractivity contribution in [3.63, 3.8) is 0 Å². The van der Waals surface area contributed by atoms with Crippen LogP contribution in [0.2, 0.25) is 0 Å². The Morgan fingerprint density at radius 1 is 1.00 bits per heavy atom. The fourth-order valence-electron chi connectivity index (χ4n) is 3.76. The summed E-state index contributed by atoms with van der Waals surface area (Å²) in [5.41, 5.74) is 1.41. The lowest BCUT2D eigenvalue weighted by molar-refractivity contribution is -0.115. The summed E-state index contributed by atoms with van der Waals surface area (Å²) >= 11 is 3.41. The second-order valence-corrected chi connectivity index (χ2v) is 11.3. The van der Waals surface area contributed by atoms with Gasteiger partial charge < -0.3 is 28.8 Å². The van der Waals surface area contributed by atoms with Gasteiger partial charge in [-0.25, -0.2) is 9.59 Å². The van der Waals surface area contributed by atoms with Gasteiger partial charge in [-0.3, -0.25) is 9.59 Å². The number of esters is 2. The highest BCUT2D eigenvalue weighted by Crippen LogP contribution is 2.34. The molecular formula is C27H33N3O8S3. The summed E-state index contributed by atoms with van der Waals surface area (Å²) in [6.07, 6.45) is 0. The van der Waals surface area contributed by atoms with Gasteiger partial charge in [-0.2, -0.15) is 4.99 Å². The van der Waals surface area contributed by atoms with Crippen molar-refractivity contribution in [1.29, 1.82) is 0 Å². The van der Waals surface area contributed by atoms with E-state index in [0.29, 0.717) is 35.9 Å². The average Bonchev–Trinajstić information content (AvgIpc) is 3.44. The number of hydrogen-bond donors (Lipinski definition) is 1. The lowest BCUT2D eigenvalue weighted by Crippen LogP contribution is -2.20. The lowest BCUT2D eigenvalue weighted by atomic mass is 10.1. The molecule has 0 aliphatic rings. The predicted octanol–water partition coefficient (Wildman–Crippen LogP) is 4.27. The molecule has 1 N–H and O–H groups in total. The molecule has 2 heterocycles. The molecule has 0 aliphatic heterocycles. The molecule has 11 nitrogen and oxygen atoms in total. The molecule has 2 aromatic heterocycles. The molecule has 0 bridgehead atoms. The molecular weight excluding hydrogens is 591 g/mol. The van der Waals surface area contributed by atoms with Gasteiger partial charge in [-0.1, -0.05) is 11.3 Å². The van der Waals surface area contributed by atoms with Gasteiger partial charge >= 0.3 is 11.9 Å². The molecule has 2 amide bonds. The number of thioether (sulfide) groups is 1. The smallest absolute Gasteiger partial charge is 0.348 e. The predicted molar refractivity (Wildman–Crippen MR) is 160 cm³/mol. The van der Waals surface area contributed by atoms with Crippen LogP contribution in [0.1, 0.15) is 46.4 Å². The normalized spacial score (nSPS) is 11.5. The summed E-state index contributed by atoms with van der Waals surface area (Å²) in [5, 5.41) is 2.87. The van der Waals surface area contributed by atoms with E-state index < -0.39 is 23.8 Å². The molecule has 0 saturated heterocycles. The van der Waals surface area contributed by atoms with Crippen molar-refractivity contribution in [3.8, 4) is 5.75 Å². The van der Waals surface area contributed by atoms with Crippen molar-refractivity contribution in [2.24, 2.45) is 4.99 Å². The van der Waals surface area contributed by atoms with Crippen LogP contribution >= 0.6 is 34.4 Å². The maximum absolute atomic E-state index is 12.7. The monoisotopic (exact) mass is 623 g/mol. The first-order chi connectivity index (χ1) is 19.7. The molecule has 0 spiro atoms. The third-order valence-corrected chi connectivity index (χ3v) is 8.72. The Labute approximate surface area is 249 Å². The molecule has 0 unspecified atom stereocenters. The van der Waals surface area contributed by atoms with Crippen molar-refractivity contribution < 1.29 is 38.1 Å². The Morgan fingerprint density at radius 2 is 1.73 bits per heavy atom. The number of thiazole rings is 1. The van der Waals surface area contributed by atoms with Crippen LogP contribution in [-0.4, -0.2) is 73.4 Å². The second-order valence-electron chi connectivity index (χ2n) is 8.31. The van der Waals surface area contributed by atoms with E-state index in [1.165, 1.54) is 11.3 Å². The number of thiophene rings is 1. The number of aromatic nitrogens is 1. The van der Waals surface area contributed by atoms with E-state index >= 15 is 0 Å². The molecule has 0 atom stereocenters. The van der Waals surface area contributed by atoms with Crippen molar-refractivity contribution in [1.82, 2.24) is 4.57 Å². The Balaban J connectivity index is 1.71. The number of carbonyl (C=O) groups excluding carboxylic acids is 4. The number of anilines is 1. The Hall–Kier alpha value is -3.20. The van der Waals surface area contributed by atoms with Gasteiger partial charge in [0.05, 0.1) is 54.2 Å². The van der Waals surface area contributed by atoms with Crippen molar-refractivity contribution >= 4 is 73.4 Å². The first-order valence-corrected chi connectivity index (χ1v) is 15.7. The molecule has 222 valence electrons. The minimum Gasteiger partial charge on any atom is -0.497 e. The van der Waals surface area contributed by atoms with Gasteiger partial charge in [0.1, 0.15) is 15.6 Å². The fraction of sp³-hybridized carbons (Fsp3) is 0.444. The zero-order valence-electron chi connectivity index (χ0n) is 23.6. The summed E-state index contributed by atoms with van der Waals surface area (Å²) in [6.45, 7) is 8.75. The second kappa shape index (κ2) is 15.7. The number of nitrogens with one attached hydrogen (secondary N) is 1. The molecule has 41 heavy (non-hydrogen) atoms. The summed E-state index contributed by atoms with van der Waals surface area (Å²) in [5.74, 6) is -1.45. The summed E-state index contributed by atoms with van der Waals surface area (Å²) in [7, 11) is 1.59. The number of ether oxygens (including phenoxy) is 4. The quantitative estimate of drug-likeness (QED) is 0.206. The van der Waals surface area contributed by atoms with E-state index in [0.717, 1.165) is 33.3 Å². The molecule has 14 heteroatoms. The van der Waals surface area contributed by atoms with E-state index in [4.69, 9.17) is 18.9 Å². The molecule has 0 fully saturated rings. The summed E-state index contributed by atoms with van der Waals surface area (Å²) in [6, 6.07) is 5.66. The van der Waals surface area contributed by atoms with Crippen LogP contribution in [0.25, 0.3) is 10.2 Å². The van der Waals surface area contributed by atoms with Gasteiger partial charge in [-0.05, 0) is 51.5 Å². The number of benzene rings is 1. The summed E-state index contributed by atoms with van der Waals surface area (Å²) < 4.78 is 23.9. The van der Waals surface area contributed by atoms with Gasteiger partial charge in [0.2, 0.25) is 5.91 Å². The van der Waals surface area contributed by atoms with Gasteiger partial charge in [-0.15, -0.1) is 23.1 Å². The highest BCUT2D eigenvalue weighted by atomic mass is 32.2. The van der Waals surface area contributed by atoms with Crippen molar-refractivity contribution in [2.75, 3.05) is 50.4 Å². The van der Waals surface area contributed by atoms with Crippen LogP contribution in [0.3, 0.4) is 0 Å². The maximum Gasteiger partial charge on any atom is 0.348 e. The minimum absolute atomic E-state index is 0.0290. The topological polar surface area (TPSA) is 135 Å². The van der Waals surface area contributed by atoms with E-state index in [1.807, 2.05) is 29.7 Å². The third kappa shape index (κ3) is 8.41. The van der Waals surface area contributed by atoms with Crippen LogP contribution in [0.4, 0.5) is 5.00 Å². The van der Waals surface area contributed by atoms with E-state index in [9.17, 15) is 19.2 Å². The SMILES string of the molecule is CCOCCn1c(=NC(=O)CSCC(=O)Nc2sc(C(=O)OCC)c(C)c2C(=O)OCC)sc2cc(OC)ccc21. The first kappa shape index (κ1) is 32.3. The van der Waals surface area contributed by atoms with Crippen LogP contribution in [0, 0.1) is 6.92 Å². The van der Waals surface area contributed by atoms with Crippen molar-refractivity contribution in [2.45, 2.75) is 34.2 Å². The summed E-state index contributed by atoms with van der Waals surface area (Å²) in [4.78, 5) is 55.4. The van der Waals surface area contributed by atoms with Gasteiger partial charge in [0, 0.05) is 13.2 Å². The Morgan fingerprint density at radius 3 is 2.41 bits per heavy atom. The third-order valence-electron chi connectivity index (χ3n) is 5.57. The largest absolute Gasteiger partial charge is 0.497 e. The van der Waals surface area contributed by atoms with E-state index in [-0.39, 0.29) is 40.2 Å². The highest BCUT2D eigenvalue weighted by Gasteiger charge is 2.27. The molecule has 3 aromatic rings. The number of amides is 2. The Bertz CT molecular complexity index is 1470. The van der Waals surface area contributed by atoms with Crippen molar-refractivity contribution in [3.05, 3.63) is 39.0 Å². The number of carbonyl (C=O) groups is 4. The maximum atomic E-state index is 12.7. The molecule has 0 saturated carbocycles. The van der Waals surface area contributed by atoms with Crippen LogP contribution < -0.4 is 14.9 Å². The number of methoxy groups -OCH3 is 1. The minimum atomic E-state index is -0.646. The van der Waals surface area contributed by atoms with Gasteiger partial charge in [0.15, 0.2) is 4.80 Å². The van der Waals surface area contributed by atoms with E-state index in [1.54, 1.807) is 27.9 Å². The fourth-order valence-corrected chi connectivity index (χ4v) is 6.56. The number of fused-ring (bicyclic) bond motifs is 1. The molecule has 0 radical (unpaired) electrons. The zero-order valence-corrected chi connectivity index (χ0v) is 26.0. The van der Waals surface area contributed by atoms with Gasteiger partial charge in [0.25, 0.3) is 5.91 Å². The number of rotatable bonds is 14. The molecule has 1 aromatic carbocycles. The lowest BCUT2D eigenvalue weighted by Gasteiger charge is -2.07. The number of hydrogen-bond acceptors (Lipinski definition) is 11. The molecule has 0 aliphatic carbocycles. The first-order valence-electron chi connectivity index (χ1n) is 12.9. The zero-order chi connectivity index (χ0) is 29.9. The Kier molecular flexibility index (Phi) is 12.4. The molecule has 3 rings (SSSR count). The average molecular weight is 624 g/mol. The van der Waals surface area contributed by atoms with Crippen LogP contribution in [0.15, 0.2) is 23.2 Å². The standard InChI is InChI=1S/C27H33N3O8S3/c1-6-36-12-11-30-18-10-9-17(35-5)13-19(18)40-27(30)29-21(32)15-39-14-20(31)28-24-22(25(33)37-7-2)16(4)23(41-24)26(34)38-8-3/h9-10,13H,6-8,11-12,14-15H2,1-5H3,(H,28,31). The van der Waals surface area contributed by atoms with Crippen LogP contribution in [-0.2, 0) is 30.3 Å².